The van der Waals surface area contributed by atoms with Crippen molar-refractivity contribution >= 4 is 28.5 Å². The Hall–Kier alpha value is -0.890. The van der Waals surface area contributed by atoms with Gasteiger partial charge in [-0.25, -0.2) is 0 Å². The van der Waals surface area contributed by atoms with Gasteiger partial charge in [0.05, 0.1) is 16.7 Å². The summed E-state index contributed by atoms with van der Waals surface area (Å²) < 4.78 is 0.358. The number of aromatic hydroxyl groups is 1. The minimum absolute atomic E-state index is 0.0281. The number of aliphatic hydroxyl groups excluding tert-OH is 1. The minimum Gasteiger partial charge on any atom is -0.506 e. The molecule has 0 aliphatic heterocycles. The number of hydrogen-bond donors (Lipinski definition) is 3. The fourth-order valence-electron chi connectivity index (χ4n) is 1.25. The Morgan fingerprint density at radius 2 is 2.31 bits per heavy atom. The lowest BCUT2D eigenvalue weighted by molar-refractivity contribution is -0.118. The number of nitrogens with one attached hydrogen (secondary N) is 1. The molecule has 1 heterocycles. The molecule has 0 saturated carbocycles. The highest BCUT2D eigenvalue weighted by molar-refractivity contribution is 14.1. The topological polar surface area (TPSA) is 82.5 Å². The zero-order valence-corrected chi connectivity index (χ0v) is 11.0. The van der Waals surface area contributed by atoms with Crippen LogP contribution in [0.2, 0.25) is 0 Å². The van der Waals surface area contributed by atoms with Crippen LogP contribution in [0.3, 0.4) is 0 Å². The average Bonchev–Trinajstić information content (AvgIpc) is 2.30. The van der Waals surface area contributed by atoms with E-state index in [0.29, 0.717) is 21.2 Å². The number of aromatic nitrogens is 1. The van der Waals surface area contributed by atoms with E-state index < -0.39 is 0 Å². The average molecular weight is 336 g/mol. The first-order chi connectivity index (χ1) is 7.60. The van der Waals surface area contributed by atoms with E-state index in [1.54, 1.807) is 6.92 Å². The Labute approximate surface area is 107 Å². The lowest BCUT2D eigenvalue weighted by atomic mass is 10.1. The molecule has 1 aromatic heterocycles. The van der Waals surface area contributed by atoms with Gasteiger partial charge in [-0.15, -0.1) is 0 Å². The van der Waals surface area contributed by atoms with Crippen LogP contribution in [0.4, 0.5) is 0 Å². The summed E-state index contributed by atoms with van der Waals surface area (Å²) in [4.78, 5) is 15.0. The van der Waals surface area contributed by atoms with Crippen LogP contribution in [-0.2, 0) is 17.9 Å². The van der Waals surface area contributed by atoms with Gasteiger partial charge in [0.25, 0.3) is 0 Å². The molecular formula is C10H13IN2O3. The Morgan fingerprint density at radius 3 is 2.88 bits per heavy atom. The van der Waals surface area contributed by atoms with Gasteiger partial charge in [0.2, 0.25) is 5.91 Å². The number of nitrogens with zero attached hydrogens (tertiary/aromatic N) is 1. The molecule has 1 aromatic rings. The summed E-state index contributed by atoms with van der Waals surface area (Å²) in [5.41, 5.74) is 1.53. The summed E-state index contributed by atoms with van der Waals surface area (Å²) in [5, 5.41) is 21.5. The number of aryl methyl sites for hydroxylation is 1. The first kappa shape index (κ1) is 13.2. The van der Waals surface area contributed by atoms with Crippen molar-refractivity contribution in [2.75, 3.05) is 4.43 Å². The number of hydrogen-bond acceptors (Lipinski definition) is 4. The standard InChI is InChI=1S/C10H13IN2O3/c1-6-10(16)8(4-13-9(15)2-11)7(5-14)3-12-6/h3,14,16H,2,4-5H2,1H3,(H,13,15). The smallest absolute Gasteiger partial charge is 0.230 e. The molecule has 5 nitrogen and oxygen atoms in total. The summed E-state index contributed by atoms with van der Waals surface area (Å²) in [5.74, 6) is -0.0846. The number of aliphatic hydroxyl groups is 1. The molecule has 88 valence electrons. The highest BCUT2D eigenvalue weighted by atomic mass is 127. The van der Waals surface area contributed by atoms with Crippen LogP contribution in [0.1, 0.15) is 16.8 Å². The predicted octanol–water partition coefficient (Wildman–Crippen LogP) is 0.639. The maximum atomic E-state index is 11.1. The van der Waals surface area contributed by atoms with Crippen LogP contribution in [0.25, 0.3) is 0 Å². The van der Waals surface area contributed by atoms with E-state index in [2.05, 4.69) is 10.3 Å². The summed E-state index contributed by atoms with van der Waals surface area (Å²) in [6.07, 6.45) is 1.50. The van der Waals surface area contributed by atoms with Crippen molar-refractivity contribution in [1.29, 1.82) is 0 Å². The van der Waals surface area contributed by atoms with Gasteiger partial charge in [0, 0.05) is 23.9 Å². The molecule has 0 unspecified atom stereocenters. The van der Waals surface area contributed by atoms with E-state index in [4.69, 9.17) is 5.11 Å². The molecule has 0 spiro atoms. The lowest BCUT2D eigenvalue weighted by Gasteiger charge is -2.11. The zero-order valence-electron chi connectivity index (χ0n) is 8.83. The molecule has 0 radical (unpaired) electrons. The number of carbonyl (C=O) groups is 1. The molecule has 16 heavy (non-hydrogen) atoms. The van der Waals surface area contributed by atoms with Crippen LogP contribution >= 0.6 is 22.6 Å². The highest BCUT2D eigenvalue weighted by Crippen LogP contribution is 2.23. The van der Waals surface area contributed by atoms with Gasteiger partial charge in [0.15, 0.2) is 0 Å². The second-order valence-electron chi connectivity index (χ2n) is 3.26. The van der Waals surface area contributed by atoms with Crippen LogP contribution in [0.5, 0.6) is 5.75 Å². The Morgan fingerprint density at radius 1 is 1.62 bits per heavy atom. The Kier molecular flexibility index (Phi) is 4.94. The fraction of sp³-hybridized carbons (Fsp3) is 0.400. The van der Waals surface area contributed by atoms with E-state index in [-0.39, 0.29) is 24.8 Å². The van der Waals surface area contributed by atoms with Gasteiger partial charge in [-0.05, 0) is 6.92 Å². The van der Waals surface area contributed by atoms with Crippen molar-refractivity contribution in [3.05, 3.63) is 23.0 Å². The van der Waals surface area contributed by atoms with Crippen molar-refractivity contribution in [3.63, 3.8) is 0 Å². The highest BCUT2D eigenvalue weighted by Gasteiger charge is 2.11. The van der Waals surface area contributed by atoms with Crippen LogP contribution < -0.4 is 5.32 Å². The molecule has 0 aliphatic rings. The number of rotatable bonds is 4. The van der Waals surface area contributed by atoms with Gasteiger partial charge < -0.3 is 15.5 Å². The third-order valence-corrected chi connectivity index (χ3v) is 2.88. The second-order valence-corrected chi connectivity index (χ2v) is 4.03. The van der Waals surface area contributed by atoms with E-state index in [1.807, 2.05) is 22.6 Å². The molecule has 1 amide bonds. The quantitative estimate of drug-likeness (QED) is 0.557. The van der Waals surface area contributed by atoms with Crippen molar-refractivity contribution < 1.29 is 15.0 Å². The number of alkyl halides is 1. The first-order valence-corrected chi connectivity index (χ1v) is 6.22. The molecule has 0 bridgehead atoms. The first-order valence-electron chi connectivity index (χ1n) is 4.70. The summed E-state index contributed by atoms with van der Waals surface area (Å²) in [6, 6.07) is 0. The SMILES string of the molecule is Cc1ncc(CO)c(CNC(=O)CI)c1O. The molecular weight excluding hydrogens is 323 g/mol. The van der Waals surface area contributed by atoms with Crippen molar-refractivity contribution in [1.82, 2.24) is 10.3 Å². The van der Waals surface area contributed by atoms with E-state index >= 15 is 0 Å². The lowest BCUT2D eigenvalue weighted by Crippen LogP contribution is -2.24. The molecule has 0 aromatic carbocycles. The number of pyridine rings is 1. The van der Waals surface area contributed by atoms with Gasteiger partial charge in [-0.2, -0.15) is 0 Å². The maximum Gasteiger partial charge on any atom is 0.230 e. The number of halogens is 1. The van der Waals surface area contributed by atoms with Crippen molar-refractivity contribution in [2.24, 2.45) is 0 Å². The third kappa shape index (κ3) is 3.05. The van der Waals surface area contributed by atoms with Gasteiger partial charge >= 0.3 is 0 Å². The number of amides is 1. The van der Waals surface area contributed by atoms with E-state index in [0.717, 1.165) is 0 Å². The van der Waals surface area contributed by atoms with Crippen molar-refractivity contribution in [3.8, 4) is 5.75 Å². The monoisotopic (exact) mass is 336 g/mol. The van der Waals surface area contributed by atoms with E-state index in [9.17, 15) is 9.90 Å². The molecule has 0 saturated heterocycles. The minimum atomic E-state index is -0.212. The van der Waals surface area contributed by atoms with Crippen LogP contribution in [0.15, 0.2) is 6.20 Å². The van der Waals surface area contributed by atoms with Crippen LogP contribution in [-0.4, -0.2) is 25.5 Å². The summed E-state index contributed by atoms with van der Waals surface area (Å²) in [7, 11) is 0. The predicted molar refractivity (Wildman–Crippen MR) is 67.3 cm³/mol. The third-order valence-electron chi connectivity index (χ3n) is 2.18. The van der Waals surface area contributed by atoms with Crippen molar-refractivity contribution in [2.45, 2.75) is 20.1 Å². The second kappa shape index (κ2) is 6.00. The molecule has 6 heteroatoms. The van der Waals surface area contributed by atoms with Crippen LogP contribution in [0, 0.1) is 6.92 Å². The van der Waals surface area contributed by atoms with Gasteiger partial charge in [0.1, 0.15) is 5.75 Å². The molecule has 3 N–H and O–H groups in total. The molecule has 0 aliphatic carbocycles. The molecule has 0 fully saturated rings. The number of carbonyl (C=O) groups excluding carboxylic acids is 1. The van der Waals surface area contributed by atoms with Gasteiger partial charge in [-0.1, -0.05) is 22.6 Å². The molecule has 1 rings (SSSR count). The normalized spacial score (nSPS) is 10.2. The fourth-order valence-corrected chi connectivity index (χ4v) is 1.52. The van der Waals surface area contributed by atoms with E-state index in [1.165, 1.54) is 6.20 Å². The summed E-state index contributed by atoms with van der Waals surface area (Å²) >= 11 is 1.95. The largest absolute Gasteiger partial charge is 0.506 e. The zero-order chi connectivity index (χ0) is 12.1. The Bertz CT molecular complexity index is 396. The van der Waals surface area contributed by atoms with Gasteiger partial charge in [-0.3, -0.25) is 9.78 Å². The Balaban J connectivity index is 2.92. The molecule has 0 atom stereocenters. The maximum absolute atomic E-state index is 11.1. The summed E-state index contributed by atoms with van der Waals surface area (Å²) in [6.45, 7) is 1.66.